The maximum atomic E-state index is 13.4. The Bertz CT molecular complexity index is 562. The van der Waals surface area contributed by atoms with Crippen molar-refractivity contribution >= 4 is 5.95 Å². The summed E-state index contributed by atoms with van der Waals surface area (Å²) in [5.74, 6) is -1.15. The first-order valence-corrected chi connectivity index (χ1v) is 4.75. The van der Waals surface area contributed by atoms with Crippen LogP contribution in [0.4, 0.5) is 23.5 Å². The molecular formula is C9H7F4N5. The summed E-state index contributed by atoms with van der Waals surface area (Å²) in [6.07, 6.45) is -2.75. The lowest BCUT2D eigenvalue weighted by atomic mass is 10.4. The molecule has 0 aliphatic heterocycles. The number of aromatic nitrogens is 4. The predicted molar refractivity (Wildman–Crippen MR) is 53.7 cm³/mol. The molecule has 0 aromatic carbocycles. The van der Waals surface area contributed by atoms with Crippen molar-refractivity contribution in [2.24, 2.45) is 0 Å². The molecule has 0 fully saturated rings. The molecule has 0 amide bonds. The van der Waals surface area contributed by atoms with E-state index in [0.717, 1.165) is 18.5 Å². The highest BCUT2D eigenvalue weighted by atomic mass is 19.4. The lowest BCUT2D eigenvalue weighted by Gasteiger charge is -2.05. The summed E-state index contributed by atoms with van der Waals surface area (Å²) < 4.78 is 51.2. The molecule has 0 saturated heterocycles. The van der Waals surface area contributed by atoms with Crippen molar-refractivity contribution in [2.75, 3.05) is 12.4 Å². The molecule has 0 radical (unpaired) electrons. The second-order valence-electron chi connectivity index (χ2n) is 3.26. The fraction of sp³-hybridized carbons (Fsp3) is 0.222. The van der Waals surface area contributed by atoms with Crippen LogP contribution in [0, 0.1) is 5.82 Å². The molecule has 0 atom stereocenters. The van der Waals surface area contributed by atoms with Crippen LogP contribution in [-0.4, -0.2) is 26.8 Å². The monoisotopic (exact) mass is 261 g/mol. The van der Waals surface area contributed by atoms with Crippen LogP contribution in [0.5, 0.6) is 0 Å². The van der Waals surface area contributed by atoms with Gasteiger partial charge >= 0.3 is 6.18 Å². The van der Waals surface area contributed by atoms with Gasteiger partial charge in [-0.25, -0.2) is 14.1 Å². The van der Waals surface area contributed by atoms with Gasteiger partial charge < -0.3 is 5.32 Å². The number of hydrogen-bond donors (Lipinski definition) is 1. The summed E-state index contributed by atoms with van der Waals surface area (Å²) in [4.78, 5) is 7.27. The Balaban J connectivity index is 2.45. The zero-order valence-corrected chi connectivity index (χ0v) is 9.03. The minimum absolute atomic E-state index is 0.0791. The molecule has 0 unspecified atom stereocenters. The summed E-state index contributed by atoms with van der Waals surface area (Å²) in [5.41, 5.74) is -1.12. The molecular weight excluding hydrogens is 254 g/mol. The molecule has 18 heavy (non-hydrogen) atoms. The zero-order valence-electron chi connectivity index (χ0n) is 9.03. The highest BCUT2D eigenvalue weighted by Gasteiger charge is 2.34. The maximum absolute atomic E-state index is 13.4. The average Bonchev–Trinajstić information content (AvgIpc) is 2.78. The van der Waals surface area contributed by atoms with Gasteiger partial charge in [0.05, 0.1) is 6.20 Å². The van der Waals surface area contributed by atoms with Gasteiger partial charge in [-0.1, -0.05) is 0 Å². The van der Waals surface area contributed by atoms with E-state index in [1.54, 1.807) is 0 Å². The third-order valence-corrected chi connectivity index (χ3v) is 2.05. The number of hydrogen-bond acceptors (Lipinski definition) is 4. The van der Waals surface area contributed by atoms with Crippen molar-refractivity contribution in [3.05, 3.63) is 30.0 Å². The Labute approximate surface area is 98.5 Å². The van der Waals surface area contributed by atoms with Crippen LogP contribution in [0.2, 0.25) is 0 Å². The van der Waals surface area contributed by atoms with Crippen molar-refractivity contribution in [3.8, 4) is 5.82 Å². The second-order valence-corrected chi connectivity index (χ2v) is 3.26. The number of alkyl halides is 3. The van der Waals surface area contributed by atoms with Gasteiger partial charge in [-0.2, -0.15) is 23.3 Å². The Morgan fingerprint density at radius 3 is 2.61 bits per heavy atom. The standard InChI is InChI=1S/C9H7F4N5/c1-14-8-15-4-5(10)7(16-8)18-3-2-6(17-18)9(11,12)13/h2-4H,1H3,(H,14,15,16). The van der Waals surface area contributed by atoms with Crippen LogP contribution >= 0.6 is 0 Å². The Morgan fingerprint density at radius 1 is 1.33 bits per heavy atom. The third kappa shape index (κ3) is 2.24. The first-order chi connectivity index (χ1) is 8.41. The highest BCUT2D eigenvalue weighted by Crippen LogP contribution is 2.27. The minimum Gasteiger partial charge on any atom is -0.357 e. The molecule has 1 N–H and O–H groups in total. The quantitative estimate of drug-likeness (QED) is 0.838. The number of rotatable bonds is 2. The predicted octanol–water partition coefficient (Wildman–Crippen LogP) is 1.86. The van der Waals surface area contributed by atoms with Gasteiger partial charge in [0.1, 0.15) is 0 Å². The molecule has 2 heterocycles. The van der Waals surface area contributed by atoms with Crippen molar-refractivity contribution in [2.45, 2.75) is 6.18 Å². The van der Waals surface area contributed by atoms with E-state index in [4.69, 9.17) is 0 Å². The minimum atomic E-state index is -4.58. The van der Waals surface area contributed by atoms with Gasteiger partial charge in [-0.05, 0) is 6.07 Å². The molecule has 0 aliphatic carbocycles. The molecule has 96 valence electrons. The summed E-state index contributed by atoms with van der Waals surface area (Å²) in [6.45, 7) is 0. The maximum Gasteiger partial charge on any atom is 0.435 e. The molecule has 0 saturated carbocycles. The number of anilines is 1. The van der Waals surface area contributed by atoms with E-state index in [-0.39, 0.29) is 11.8 Å². The molecule has 0 bridgehead atoms. The zero-order chi connectivity index (χ0) is 13.3. The third-order valence-electron chi connectivity index (χ3n) is 2.05. The first-order valence-electron chi connectivity index (χ1n) is 4.75. The lowest BCUT2D eigenvalue weighted by molar-refractivity contribution is -0.141. The summed E-state index contributed by atoms with van der Waals surface area (Å²) in [5, 5.41) is 5.77. The summed E-state index contributed by atoms with van der Waals surface area (Å²) in [7, 11) is 1.50. The van der Waals surface area contributed by atoms with Gasteiger partial charge in [0, 0.05) is 13.2 Å². The Hall–Kier alpha value is -2.19. The molecule has 2 aromatic rings. The highest BCUT2D eigenvalue weighted by molar-refractivity contribution is 5.32. The van der Waals surface area contributed by atoms with E-state index in [9.17, 15) is 17.6 Å². The van der Waals surface area contributed by atoms with Crippen LogP contribution in [-0.2, 0) is 6.18 Å². The van der Waals surface area contributed by atoms with E-state index in [1.165, 1.54) is 7.05 Å². The van der Waals surface area contributed by atoms with Crippen LogP contribution in [0.15, 0.2) is 18.5 Å². The van der Waals surface area contributed by atoms with Gasteiger partial charge in [0.15, 0.2) is 17.3 Å². The van der Waals surface area contributed by atoms with E-state index >= 15 is 0 Å². The van der Waals surface area contributed by atoms with Crippen molar-refractivity contribution in [3.63, 3.8) is 0 Å². The van der Waals surface area contributed by atoms with E-state index < -0.39 is 17.7 Å². The van der Waals surface area contributed by atoms with Crippen LogP contribution < -0.4 is 5.32 Å². The number of halogens is 4. The fourth-order valence-corrected chi connectivity index (χ4v) is 1.23. The number of nitrogens with zero attached hydrogens (tertiary/aromatic N) is 4. The van der Waals surface area contributed by atoms with E-state index in [2.05, 4.69) is 20.4 Å². The largest absolute Gasteiger partial charge is 0.435 e. The topological polar surface area (TPSA) is 55.6 Å². The molecule has 0 aliphatic rings. The van der Waals surface area contributed by atoms with Gasteiger partial charge in [-0.3, -0.25) is 0 Å². The number of nitrogens with one attached hydrogen (secondary N) is 1. The molecule has 5 nitrogen and oxygen atoms in total. The van der Waals surface area contributed by atoms with Gasteiger partial charge in [0.25, 0.3) is 0 Å². The average molecular weight is 261 g/mol. The molecule has 2 rings (SSSR count). The van der Waals surface area contributed by atoms with Gasteiger partial charge in [0.2, 0.25) is 5.95 Å². The Kier molecular flexibility index (Phi) is 2.89. The molecule has 2 aromatic heterocycles. The molecule has 9 heteroatoms. The van der Waals surface area contributed by atoms with E-state index in [1.807, 2.05) is 0 Å². The van der Waals surface area contributed by atoms with E-state index in [0.29, 0.717) is 4.68 Å². The van der Waals surface area contributed by atoms with Crippen LogP contribution in [0.25, 0.3) is 5.82 Å². The Morgan fingerprint density at radius 2 is 2.06 bits per heavy atom. The normalized spacial score (nSPS) is 11.6. The van der Waals surface area contributed by atoms with Crippen molar-refractivity contribution in [1.82, 2.24) is 19.7 Å². The van der Waals surface area contributed by atoms with Crippen molar-refractivity contribution < 1.29 is 17.6 Å². The lowest BCUT2D eigenvalue weighted by Crippen LogP contribution is -2.10. The molecule has 0 spiro atoms. The summed E-state index contributed by atoms with van der Waals surface area (Å²) >= 11 is 0. The van der Waals surface area contributed by atoms with Crippen molar-refractivity contribution in [1.29, 1.82) is 0 Å². The van der Waals surface area contributed by atoms with Crippen LogP contribution in [0.1, 0.15) is 5.69 Å². The smallest absolute Gasteiger partial charge is 0.357 e. The first kappa shape index (κ1) is 12.3. The second kappa shape index (κ2) is 4.24. The SMILES string of the molecule is CNc1ncc(F)c(-n2ccc(C(F)(F)F)n2)n1. The fourth-order valence-electron chi connectivity index (χ4n) is 1.23. The van der Waals surface area contributed by atoms with Gasteiger partial charge in [-0.15, -0.1) is 0 Å². The van der Waals surface area contributed by atoms with Crippen LogP contribution in [0.3, 0.4) is 0 Å². The summed E-state index contributed by atoms with van der Waals surface area (Å²) in [6, 6.07) is 0.737.